The highest BCUT2D eigenvalue weighted by Gasteiger charge is 2.31. The largest absolute Gasteiger partial charge is 0.0651 e. The van der Waals surface area contributed by atoms with E-state index in [1.807, 2.05) is 0 Å². The van der Waals surface area contributed by atoms with E-state index in [1.54, 1.807) is 77.0 Å². The predicted octanol–water partition coefficient (Wildman–Crippen LogP) is 7.62. The zero-order valence-electron chi connectivity index (χ0n) is 16.1. The summed E-state index contributed by atoms with van der Waals surface area (Å²) in [5, 5.41) is 0. The lowest BCUT2D eigenvalue weighted by atomic mass is 9.68. The molecule has 0 aromatic heterocycles. The van der Waals surface area contributed by atoms with E-state index >= 15 is 0 Å². The van der Waals surface area contributed by atoms with Crippen LogP contribution in [-0.4, -0.2) is 0 Å². The van der Waals surface area contributed by atoms with Crippen molar-refractivity contribution < 1.29 is 0 Å². The maximum Gasteiger partial charge on any atom is -0.0383 e. The second-order valence-electron chi connectivity index (χ2n) is 9.60. The maximum atomic E-state index is 2.50. The van der Waals surface area contributed by atoms with Crippen molar-refractivity contribution in [1.29, 1.82) is 0 Å². The molecule has 23 heavy (non-hydrogen) atoms. The van der Waals surface area contributed by atoms with Gasteiger partial charge in [-0.1, -0.05) is 90.9 Å². The van der Waals surface area contributed by atoms with Crippen molar-refractivity contribution in [2.24, 2.45) is 35.5 Å². The molecule has 3 aliphatic carbocycles. The van der Waals surface area contributed by atoms with Crippen LogP contribution in [0.3, 0.4) is 0 Å². The van der Waals surface area contributed by atoms with Gasteiger partial charge in [-0.2, -0.15) is 0 Å². The molecule has 3 saturated carbocycles. The van der Waals surface area contributed by atoms with Gasteiger partial charge in [0, 0.05) is 0 Å². The van der Waals surface area contributed by atoms with Crippen molar-refractivity contribution in [3.8, 4) is 0 Å². The zero-order valence-corrected chi connectivity index (χ0v) is 16.1. The van der Waals surface area contributed by atoms with Crippen LogP contribution in [0.25, 0.3) is 0 Å². The summed E-state index contributed by atoms with van der Waals surface area (Å²) in [6.45, 7) is 4.89. The average molecular weight is 319 g/mol. The summed E-state index contributed by atoms with van der Waals surface area (Å²) >= 11 is 0. The van der Waals surface area contributed by atoms with Gasteiger partial charge in [0.15, 0.2) is 0 Å². The van der Waals surface area contributed by atoms with Crippen LogP contribution >= 0.6 is 0 Å². The Morgan fingerprint density at radius 1 is 0.565 bits per heavy atom. The highest BCUT2D eigenvalue weighted by atomic mass is 14.4. The highest BCUT2D eigenvalue weighted by Crippen LogP contribution is 2.43. The Bertz CT molecular complexity index is 315. The van der Waals surface area contributed by atoms with Gasteiger partial charge in [-0.05, 0) is 54.8 Å². The predicted molar refractivity (Wildman–Crippen MR) is 102 cm³/mol. The Morgan fingerprint density at radius 3 is 1.61 bits per heavy atom. The minimum atomic E-state index is 1.01. The average Bonchev–Trinajstić information content (AvgIpc) is 2.55. The molecule has 0 heterocycles. The van der Waals surface area contributed by atoms with Crippen LogP contribution in [0.1, 0.15) is 110 Å². The van der Waals surface area contributed by atoms with Gasteiger partial charge < -0.3 is 0 Å². The fourth-order valence-electron chi connectivity index (χ4n) is 6.49. The molecule has 0 aliphatic heterocycles. The molecule has 3 rings (SSSR count). The fraction of sp³-hybridized carbons (Fsp3) is 1.00. The summed E-state index contributed by atoms with van der Waals surface area (Å²) in [6.07, 6.45) is 23.1. The molecule has 0 bridgehead atoms. The minimum absolute atomic E-state index is 1.01. The van der Waals surface area contributed by atoms with E-state index in [9.17, 15) is 0 Å². The minimum Gasteiger partial charge on any atom is -0.0651 e. The molecule has 2 unspecified atom stereocenters. The molecule has 0 amide bonds. The molecular weight excluding hydrogens is 276 g/mol. The molecule has 0 N–H and O–H groups in total. The molecule has 0 radical (unpaired) electrons. The smallest absolute Gasteiger partial charge is 0.0383 e. The Kier molecular flexibility index (Phi) is 6.90. The molecule has 0 saturated heterocycles. The van der Waals surface area contributed by atoms with Crippen LogP contribution < -0.4 is 0 Å². The van der Waals surface area contributed by atoms with Crippen LogP contribution in [0, 0.1) is 35.5 Å². The monoisotopic (exact) mass is 318 g/mol. The molecule has 0 aromatic rings. The first-order chi connectivity index (χ1) is 11.3. The molecule has 0 nitrogen and oxygen atoms in total. The molecule has 0 spiro atoms. The Labute approximate surface area is 146 Å². The Balaban J connectivity index is 1.44. The quantitative estimate of drug-likeness (QED) is 0.502. The molecule has 0 aromatic carbocycles. The third-order valence-electron chi connectivity index (χ3n) is 8.08. The first-order valence-corrected chi connectivity index (χ1v) is 11.3. The SMILES string of the molecule is CCC1CCC(C2CCCC(C3CCCC(C)C3)CCC2)CC1. The highest BCUT2D eigenvalue weighted by molar-refractivity contribution is 4.82. The summed E-state index contributed by atoms with van der Waals surface area (Å²) in [6, 6.07) is 0. The van der Waals surface area contributed by atoms with Crippen molar-refractivity contribution in [3.63, 3.8) is 0 Å². The maximum absolute atomic E-state index is 2.50. The summed E-state index contributed by atoms with van der Waals surface area (Å²) < 4.78 is 0. The van der Waals surface area contributed by atoms with Gasteiger partial charge in [-0.25, -0.2) is 0 Å². The summed E-state index contributed by atoms with van der Waals surface area (Å²) in [5.41, 5.74) is 0. The summed E-state index contributed by atoms with van der Waals surface area (Å²) in [7, 11) is 0. The third-order valence-corrected chi connectivity index (χ3v) is 8.08. The molecule has 3 aliphatic rings. The van der Waals surface area contributed by atoms with Crippen molar-refractivity contribution in [3.05, 3.63) is 0 Å². The Morgan fingerprint density at radius 2 is 1.04 bits per heavy atom. The topological polar surface area (TPSA) is 0 Å². The van der Waals surface area contributed by atoms with E-state index in [4.69, 9.17) is 0 Å². The van der Waals surface area contributed by atoms with Crippen molar-refractivity contribution >= 4 is 0 Å². The molecule has 134 valence electrons. The number of rotatable bonds is 3. The van der Waals surface area contributed by atoms with E-state index < -0.39 is 0 Å². The van der Waals surface area contributed by atoms with Crippen LogP contribution in [0.15, 0.2) is 0 Å². The fourth-order valence-corrected chi connectivity index (χ4v) is 6.49. The van der Waals surface area contributed by atoms with Crippen LogP contribution in [0.2, 0.25) is 0 Å². The first-order valence-electron chi connectivity index (χ1n) is 11.3. The summed E-state index contributed by atoms with van der Waals surface area (Å²) in [5.74, 6) is 6.46. The normalized spacial score (nSPS) is 43.6. The lowest BCUT2D eigenvalue weighted by Gasteiger charge is -2.38. The van der Waals surface area contributed by atoms with Gasteiger partial charge in [0.05, 0.1) is 0 Å². The van der Waals surface area contributed by atoms with Gasteiger partial charge in [0.25, 0.3) is 0 Å². The van der Waals surface area contributed by atoms with Crippen LogP contribution in [0.5, 0.6) is 0 Å². The standard InChI is InChI=1S/C23H42/c1-3-19-13-15-22(16-14-19)20-8-5-10-21(11-6-9-20)23-12-4-7-18(2)17-23/h18-23H,3-17H2,1-2H3. The number of hydrogen-bond acceptors (Lipinski definition) is 0. The van der Waals surface area contributed by atoms with E-state index in [1.165, 1.54) is 19.3 Å². The van der Waals surface area contributed by atoms with Gasteiger partial charge in [-0.15, -0.1) is 0 Å². The lowest BCUT2D eigenvalue weighted by molar-refractivity contribution is 0.137. The molecule has 3 fully saturated rings. The summed E-state index contributed by atoms with van der Waals surface area (Å²) in [4.78, 5) is 0. The van der Waals surface area contributed by atoms with Gasteiger partial charge >= 0.3 is 0 Å². The van der Waals surface area contributed by atoms with E-state index in [-0.39, 0.29) is 0 Å². The van der Waals surface area contributed by atoms with Crippen molar-refractivity contribution in [2.45, 2.75) is 110 Å². The first kappa shape index (κ1) is 17.8. The Hall–Kier alpha value is 0. The van der Waals surface area contributed by atoms with Gasteiger partial charge in [0.1, 0.15) is 0 Å². The second-order valence-corrected chi connectivity index (χ2v) is 9.60. The van der Waals surface area contributed by atoms with E-state index in [2.05, 4.69) is 13.8 Å². The van der Waals surface area contributed by atoms with Crippen LogP contribution in [0.4, 0.5) is 0 Å². The van der Waals surface area contributed by atoms with Gasteiger partial charge in [-0.3, -0.25) is 0 Å². The zero-order chi connectivity index (χ0) is 16.1. The number of hydrogen-bond donors (Lipinski definition) is 0. The molecule has 0 heteroatoms. The lowest BCUT2D eigenvalue weighted by Crippen LogP contribution is -2.26. The molecular formula is C23H42. The van der Waals surface area contributed by atoms with Crippen LogP contribution in [-0.2, 0) is 0 Å². The second kappa shape index (κ2) is 8.91. The third kappa shape index (κ3) is 4.99. The van der Waals surface area contributed by atoms with Crippen molar-refractivity contribution in [2.75, 3.05) is 0 Å². The van der Waals surface area contributed by atoms with Gasteiger partial charge in [0.2, 0.25) is 0 Å². The van der Waals surface area contributed by atoms with Crippen molar-refractivity contribution in [1.82, 2.24) is 0 Å². The van der Waals surface area contributed by atoms with E-state index in [0.29, 0.717) is 0 Å². The van der Waals surface area contributed by atoms with E-state index in [0.717, 1.165) is 35.5 Å². The molecule has 2 atom stereocenters.